The first kappa shape index (κ1) is 13.8. The van der Waals surface area contributed by atoms with Gasteiger partial charge in [0, 0.05) is 17.1 Å². The lowest BCUT2D eigenvalue weighted by Gasteiger charge is -2.08. The highest BCUT2D eigenvalue weighted by Gasteiger charge is 2.15. The zero-order valence-electron chi connectivity index (χ0n) is 11.6. The van der Waals surface area contributed by atoms with E-state index in [-0.39, 0.29) is 0 Å². The van der Waals surface area contributed by atoms with E-state index in [9.17, 15) is 0 Å². The van der Waals surface area contributed by atoms with Gasteiger partial charge < -0.3 is 5.73 Å². The van der Waals surface area contributed by atoms with E-state index in [0.29, 0.717) is 11.6 Å². The summed E-state index contributed by atoms with van der Waals surface area (Å²) in [6.45, 7) is 2.38. The standard InChI is InChI=1S/C16H15ClN4/c1-11-5-7-14(8-6-11)21-16(15(10-18)19-20-21)12-3-2-4-13(17)9-12/h2-9H,10,18H2,1H3. The Hall–Kier alpha value is -2.17. The lowest BCUT2D eigenvalue weighted by Crippen LogP contribution is -2.02. The van der Waals surface area contributed by atoms with Crippen molar-refractivity contribution in [2.24, 2.45) is 5.73 Å². The summed E-state index contributed by atoms with van der Waals surface area (Å²) in [5, 5.41) is 9.09. The van der Waals surface area contributed by atoms with E-state index in [0.717, 1.165) is 22.6 Å². The van der Waals surface area contributed by atoms with Crippen LogP contribution in [0.25, 0.3) is 16.9 Å². The molecule has 0 unspecified atom stereocenters. The molecule has 0 aliphatic carbocycles. The number of benzene rings is 2. The van der Waals surface area contributed by atoms with Crippen molar-refractivity contribution >= 4 is 11.6 Å². The number of nitrogens with two attached hydrogens (primary N) is 1. The Morgan fingerprint density at radius 1 is 1.14 bits per heavy atom. The molecule has 1 heterocycles. The second-order valence-electron chi connectivity index (χ2n) is 4.85. The molecule has 0 aliphatic heterocycles. The number of hydrogen-bond acceptors (Lipinski definition) is 3. The van der Waals surface area contributed by atoms with Crippen LogP contribution < -0.4 is 5.73 Å². The summed E-state index contributed by atoms with van der Waals surface area (Å²) >= 11 is 6.10. The van der Waals surface area contributed by atoms with Gasteiger partial charge in [-0.05, 0) is 31.2 Å². The fourth-order valence-corrected chi connectivity index (χ4v) is 2.43. The zero-order chi connectivity index (χ0) is 14.8. The van der Waals surface area contributed by atoms with Crippen LogP contribution in [0.5, 0.6) is 0 Å². The monoisotopic (exact) mass is 298 g/mol. The van der Waals surface area contributed by atoms with Gasteiger partial charge in [0.1, 0.15) is 5.69 Å². The van der Waals surface area contributed by atoms with Crippen LogP contribution in [0.1, 0.15) is 11.3 Å². The van der Waals surface area contributed by atoms with E-state index in [1.165, 1.54) is 5.56 Å². The van der Waals surface area contributed by atoms with Gasteiger partial charge in [-0.3, -0.25) is 0 Å². The van der Waals surface area contributed by atoms with E-state index in [1.807, 2.05) is 55.5 Å². The lowest BCUT2D eigenvalue weighted by atomic mass is 10.1. The molecule has 0 saturated heterocycles. The van der Waals surface area contributed by atoms with Crippen LogP contribution in [0.4, 0.5) is 0 Å². The molecule has 106 valence electrons. The van der Waals surface area contributed by atoms with Gasteiger partial charge in [-0.2, -0.15) is 0 Å². The highest BCUT2D eigenvalue weighted by Crippen LogP contribution is 2.27. The molecule has 0 saturated carbocycles. The molecule has 2 N–H and O–H groups in total. The predicted octanol–water partition coefficient (Wildman–Crippen LogP) is 3.35. The van der Waals surface area contributed by atoms with Crippen LogP contribution in [0, 0.1) is 6.92 Å². The van der Waals surface area contributed by atoms with Crippen molar-refractivity contribution < 1.29 is 0 Å². The second-order valence-corrected chi connectivity index (χ2v) is 5.28. The Bertz CT molecular complexity index is 762. The Morgan fingerprint density at radius 3 is 2.57 bits per heavy atom. The third-order valence-electron chi connectivity index (χ3n) is 3.31. The third kappa shape index (κ3) is 2.68. The molecule has 4 nitrogen and oxygen atoms in total. The van der Waals surface area contributed by atoms with Gasteiger partial charge in [-0.15, -0.1) is 5.10 Å². The molecule has 2 aromatic carbocycles. The average Bonchev–Trinajstić information content (AvgIpc) is 2.92. The third-order valence-corrected chi connectivity index (χ3v) is 3.55. The molecule has 0 bridgehead atoms. The number of nitrogens with zero attached hydrogens (tertiary/aromatic N) is 3. The van der Waals surface area contributed by atoms with Gasteiger partial charge in [0.05, 0.1) is 11.4 Å². The maximum atomic E-state index is 6.10. The molecule has 3 aromatic rings. The first-order valence-corrected chi connectivity index (χ1v) is 7.04. The van der Waals surface area contributed by atoms with Crippen LogP contribution in [-0.4, -0.2) is 15.0 Å². The number of halogens is 1. The molecule has 3 rings (SSSR count). The summed E-state index contributed by atoms with van der Waals surface area (Å²) in [6.07, 6.45) is 0. The number of hydrogen-bond donors (Lipinski definition) is 1. The highest BCUT2D eigenvalue weighted by molar-refractivity contribution is 6.30. The van der Waals surface area contributed by atoms with Crippen molar-refractivity contribution in [2.45, 2.75) is 13.5 Å². The average molecular weight is 299 g/mol. The van der Waals surface area contributed by atoms with Crippen molar-refractivity contribution in [1.82, 2.24) is 15.0 Å². The topological polar surface area (TPSA) is 56.7 Å². The Kier molecular flexibility index (Phi) is 3.73. The summed E-state index contributed by atoms with van der Waals surface area (Å²) in [6, 6.07) is 15.7. The summed E-state index contributed by atoms with van der Waals surface area (Å²) in [5.74, 6) is 0. The van der Waals surface area contributed by atoms with Crippen LogP contribution >= 0.6 is 11.6 Å². The molecule has 1 aromatic heterocycles. The van der Waals surface area contributed by atoms with Gasteiger partial charge in [0.15, 0.2) is 0 Å². The maximum absolute atomic E-state index is 6.10. The molecule has 5 heteroatoms. The fourth-order valence-electron chi connectivity index (χ4n) is 2.24. The smallest absolute Gasteiger partial charge is 0.105 e. The van der Waals surface area contributed by atoms with Gasteiger partial charge in [0.2, 0.25) is 0 Å². The summed E-state index contributed by atoms with van der Waals surface area (Å²) < 4.78 is 1.80. The first-order chi connectivity index (χ1) is 10.2. The number of rotatable bonds is 3. The van der Waals surface area contributed by atoms with Gasteiger partial charge in [0.25, 0.3) is 0 Å². The molecule has 0 amide bonds. The fraction of sp³-hybridized carbons (Fsp3) is 0.125. The first-order valence-electron chi connectivity index (χ1n) is 6.66. The van der Waals surface area contributed by atoms with Crippen LogP contribution in [0.2, 0.25) is 5.02 Å². The van der Waals surface area contributed by atoms with Crippen molar-refractivity contribution in [3.8, 4) is 16.9 Å². The predicted molar refractivity (Wildman–Crippen MR) is 84.4 cm³/mol. The molecule has 21 heavy (non-hydrogen) atoms. The summed E-state index contributed by atoms with van der Waals surface area (Å²) in [7, 11) is 0. The molecular formula is C16H15ClN4. The summed E-state index contributed by atoms with van der Waals surface area (Å²) in [4.78, 5) is 0. The van der Waals surface area contributed by atoms with Gasteiger partial charge >= 0.3 is 0 Å². The van der Waals surface area contributed by atoms with E-state index in [2.05, 4.69) is 10.3 Å². The minimum Gasteiger partial charge on any atom is -0.325 e. The zero-order valence-corrected chi connectivity index (χ0v) is 12.4. The van der Waals surface area contributed by atoms with Crippen molar-refractivity contribution in [3.63, 3.8) is 0 Å². The largest absolute Gasteiger partial charge is 0.325 e. The van der Waals surface area contributed by atoms with E-state index in [1.54, 1.807) is 4.68 Å². The minimum absolute atomic E-state index is 0.327. The van der Waals surface area contributed by atoms with E-state index < -0.39 is 0 Å². The molecule has 0 radical (unpaired) electrons. The number of aromatic nitrogens is 3. The Labute approximate surface area is 128 Å². The highest BCUT2D eigenvalue weighted by atomic mass is 35.5. The van der Waals surface area contributed by atoms with Crippen LogP contribution in [0.3, 0.4) is 0 Å². The molecule has 0 spiro atoms. The van der Waals surface area contributed by atoms with Gasteiger partial charge in [-0.1, -0.05) is 46.6 Å². The van der Waals surface area contributed by atoms with Crippen molar-refractivity contribution in [2.75, 3.05) is 0 Å². The van der Waals surface area contributed by atoms with Crippen LogP contribution in [-0.2, 0) is 6.54 Å². The van der Waals surface area contributed by atoms with E-state index in [4.69, 9.17) is 17.3 Å². The molecule has 0 fully saturated rings. The molecular weight excluding hydrogens is 284 g/mol. The minimum atomic E-state index is 0.327. The Balaban J connectivity index is 2.19. The maximum Gasteiger partial charge on any atom is 0.105 e. The van der Waals surface area contributed by atoms with E-state index >= 15 is 0 Å². The lowest BCUT2D eigenvalue weighted by molar-refractivity contribution is 0.799. The van der Waals surface area contributed by atoms with Crippen molar-refractivity contribution in [3.05, 3.63) is 64.8 Å². The van der Waals surface area contributed by atoms with Gasteiger partial charge in [-0.25, -0.2) is 4.68 Å². The normalized spacial score (nSPS) is 10.8. The Morgan fingerprint density at radius 2 is 1.90 bits per heavy atom. The quantitative estimate of drug-likeness (QED) is 0.806. The molecule has 0 aliphatic rings. The van der Waals surface area contributed by atoms with Crippen molar-refractivity contribution in [1.29, 1.82) is 0 Å². The SMILES string of the molecule is Cc1ccc(-n2nnc(CN)c2-c2cccc(Cl)c2)cc1. The second kappa shape index (κ2) is 5.68. The number of aryl methyl sites for hydroxylation is 1. The summed E-state index contributed by atoms with van der Waals surface area (Å²) in [5.41, 5.74) is 10.5. The molecule has 0 atom stereocenters. The van der Waals surface area contributed by atoms with Crippen LogP contribution in [0.15, 0.2) is 48.5 Å².